The van der Waals surface area contributed by atoms with Crippen LogP contribution in [0.1, 0.15) is 5.56 Å². The minimum absolute atomic E-state index is 0.351. The molecule has 0 radical (unpaired) electrons. The van der Waals surface area contributed by atoms with Crippen LogP contribution in [0.15, 0.2) is 24.7 Å². The first-order valence-corrected chi connectivity index (χ1v) is 3.92. The molecule has 0 amide bonds. The average Bonchev–Trinajstić information content (AvgIpc) is 2.64. The highest BCUT2D eigenvalue weighted by Gasteiger charge is 2.31. The number of fused-ring (bicyclic) bond motifs is 1. The van der Waals surface area contributed by atoms with E-state index in [4.69, 9.17) is 5.11 Å². The van der Waals surface area contributed by atoms with Crippen LogP contribution < -0.4 is 0 Å². The summed E-state index contributed by atoms with van der Waals surface area (Å²) in [5.41, 5.74) is 0.138. The first-order valence-electron chi connectivity index (χ1n) is 3.92. The van der Waals surface area contributed by atoms with Gasteiger partial charge >= 0.3 is 0 Å². The van der Waals surface area contributed by atoms with Gasteiger partial charge in [0.2, 0.25) is 0 Å². The number of hydrogen-bond acceptors (Lipinski definition) is 3. The second-order valence-corrected chi connectivity index (χ2v) is 2.84. The number of alkyl halides is 2. The van der Waals surface area contributed by atoms with Crippen molar-refractivity contribution in [3.63, 3.8) is 0 Å². The lowest BCUT2D eigenvalue weighted by Gasteiger charge is -2.12. The summed E-state index contributed by atoms with van der Waals surface area (Å²) in [6.07, 6.45) is 3.65. The molecule has 1 N–H and O–H groups in total. The van der Waals surface area contributed by atoms with Gasteiger partial charge in [-0.2, -0.15) is 13.9 Å². The normalized spacial score (nSPS) is 12.2. The molecular weight excluding hydrogens is 192 g/mol. The highest BCUT2D eigenvalue weighted by atomic mass is 19.3. The van der Waals surface area contributed by atoms with Crippen molar-refractivity contribution in [2.45, 2.75) is 5.92 Å². The van der Waals surface area contributed by atoms with Crippen molar-refractivity contribution in [2.75, 3.05) is 6.61 Å². The zero-order valence-corrected chi connectivity index (χ0v) is 7.06. The van der Waals surface area contributed by atoms with Gasteiger partial charge in [0, 0.05) is 18.5 Å². The molecule has 4 nitrogen and oxygen atoms in total. The molecule has 2 aromatic rings. The number of aromatic nitrogens is 3. The van der Waals surface area contributed by atoms with Gasteiger partial charge < -0.3 is 5.11 Å². The topological polar surface area (TPSA) is 50.4 Å². The van der Waals surface area contributed by atoms with Crippen LogP contribution in [0.5, 0.6) is 0 Å². The largest absolute Gasteiger partial charge is 0.390 e. The summed E-state index contributed by atoms with van der Waals surface area (Å²) in [5.74, 6) is -3.27. The van der Waals surface area contributed by atoms with Crippen LogP contribution in [0.25, 0.3) is 5.65 Å². The lowest BCUT2D eigenvalue weighted by atomic mass is 10.2. The van der Waals surface area contributed by atoms with Gasteiger partial charge in [0.1, 0.15) is 6.61 Å². The third-order valence-electron chi connectivity index (χ3n) is 1.87. The Kier molecular flexibility index (Phi) is 1.92. The van der Waals surface area contributed by atoms with Gasteiger partial charge in [0.25, 0.3) is 5.92 Å². The van der Waals surface area contributed by atoms with E-state index in [0.29, 0.717) is 5.65 Å². The SMILES string of the molecule is OCC(F)(F)c1cnc2ccnn2c1. The summed E-state index contributed by atoms with van der Waals surface area (Å²) in [7, 11) is 0. The molecule has 0 fully saturated rings. The summed E-state index contributed by atoms with van der Waals surface area (Å²) < 4.78 is 27.2. The highest BCUT2D eigenvalue weighted by Crippen LogP contribution is 2.26. The van der Waals surface area contributed by atoms with E-state index in [1.165, 1.54) is 10.7 Å². The maximum absolute atomic E-state index is 13.0. The van der Waals surface area contributed by atoms with Crippen molar-refractivity contribution in [2.24, 2.45) is 0 Å². The van der Waals surface area contributed by atoms with Gasteiger partial charge in [-0.25, -0.2) is 9.50 Å². The summed E-state index contributed by atoms with van der Waals surface area (Å²) in [5, 5.41) is 12.2. The summed E-state index contributed by atoms with van der Waals surface area (Å²) in [4.78, 5) is 3.76. The Morgan fingerprint density at radius 2 is 2.29 bits per heavy atom. The molecule has 0 bridgehead atoms. The molecule has 14 heavy (non-hydrogen) atoms. The Balaban J connectivity index is 2.53. The smallest absolute Gasteiger partial charge is 0.298 e. The van der Waals surface area contributed by atoms with Gasteiger partial charge in [-0.15, -0.1) is 0 Å². The average molecular weight is 199 g/mol. The fourth-order valence-electron chi connectivity index (χ4n) is 1.09. The van der Waals surface area contributed by atoms with Crippen molar-refractivity contribution in [3.8, 4) is 0 Å². The summed E-state index contributed by atoms with van der Waals surface area (Å²) in [6.45, 7) is -1.23. The molecule has 74 valence electrons. The van der Waals surface area contributed by atoms with Gasteiger partial charge in [-0.05, 0) is 0 Å². The third-order valence-corrected chi connectivity index (χ3v) is 1.87. The fraction of sp³-hybridized carbons (Fsp3) is 0.250. The lowest BCUT2D eigenvalue weighted by molar-refractivity contribution is -0.0562. The number of hydrogen-bond donors (Lipinski definition) is 1. The first-order chi connectivity index (χ1) is 6.63. The van der Waals surface area contributed by atoms with E-state index in [1.807, 2.05) is 0 Å². The molecular formula is C8H7F2N3O. The Morgan fingerprint density at radius 3 is 3.00 bits per heavy atom. The van der Waals surface area contributed by atoms with Gasteiger partial charge in [0.05, 0.1) is 11.8 Å². The number of nitrogens with zero attached hydrogens (tertiary/aromatic N) is 3. The van der Waals surface area contributed by atoms with E-state index in [0.717, 1.165) is 12.4 Å². The Morgan fingerprint density at radius 1 is 1.50 bits per heavy atom. The maximum atomic E-state index is 13.0. The van der Waals surface area contributed by atoms with Crippen molar-refractivity contribution in [1.82, 2.24) is 14.6 Å². The van der Waals surface area contributed by atoms with E-state index < -0.39 is 12.5 Å². The molecule has 2 heterocycles. The molecule has 0 saturated heterocycles. The lowest BCUT2D eigenvalue weighted by Crippen LogP contribution is -2.19. The molecule has 6 heteroatoms. The number of rotatable bonds is 2. The monoisotopic (exact) mass is 199 g/mol. The van der Waals surface area contributed by atoms with E-state index in [9.17, 15) is 8.78 Å². The molecule has 2 aromatic heterocycles. The molecule has 0 aliphatic carbocycles. The Labute approximate surface area is 77.8 Å². The Bertz CT molecular complexity index is 455. The zero-order chi connectivity index (χ0) is 10.2. The molecule has 0 aliphatic heterocycles. The van der Waals surface area contributed by atoms with Crippen LogP contribution in [-0.2, 0) is 5.92 Å². The molecule has 0 spiro atoms. The molecule has 2 rings (SSSR count). The summed E-state index contributed by atoms with van der Waals surface area (Å²) >= 11 is 0. The molecule has 0 saturated carbocycles. The Hall–Kier alpha value is -1.56. The second kappa shape index (κ2) is 2.98. The fourth-order valence-corrected chi connectivity index (χ4v) is 1.09. The van der Waals surface area contributed by atoms with E-state index in [1.54, 1.807) is 6.07 Å². The third kappa shape index (κ3) is 1.33. The molecule has 0 aliphatic rings. The van der Waals surface area contributed by atoms with Crippen molar-refractivity contribution < 1.29 is 13.9 Å². The predicted octanol–water partition coefficient (Wildman–Crippen LogP) is 0.813. The van der Waals surface area contributed by atoms with E-state index >= 15 is 0 Å². The van der Waals surface area contributed by atoms with Crippen LogP contribution in [-0.4, -0.2) is 26.3 Å². The minimum atomic E-state index is -3.27. The van der Waals surface area contributed by atoms with Crippen molar-refractivity contribution in [3.05, 3.63) is 30.2 Å². The van der Waals surface area contributed by atoms with E-state index in [-0.39, 0.29) is 5.56 Å². The molecule has 0 aromatic carbocycles. The maximum Gasteiger partial charge on any atom is 0.298 e. The van der Waals surface area contributed by atoms with Crippen molar-refractivity contribution >= 4 is 5.65 Å². The minimum Gasteiger partial charge on any atom is -0.390 e. The zero-order valence-electron chi connectivity index (χ0n) is 7.06. The number of halogens is 2. The van der Waals surface area contributed by atoms with Crippen LogP contribution in [0.2, 0.25) is 0 Å². The number of aliphatic hydroxyl groups is 1. The van der Waals surface area contributed by atoms with Crippen LogP contribution in [0.4, 0.5) is 8.78 Å². The second-order valence-electron chi connectivity index (χ2n) is 2.84. The van der Waals surface area contributed by atoms with Crippen molar-refractivity contribution in [1.29, 1.82) is 0 Å². The highest BCUT2D eigenvalue weighted by molar-refractivity contribution is 5.36. The summed E-state index contributed by atoms with van der Waals surface area (Å²) in [6, 6.07) is 1.60. The predicted molar refractivity (Wildman–Crippen MR) is 44.0 cm³/mol. The molecule has 0 unspecified atom stereocenters. The van der Waals surface area contributed by atoms with Gasteiger partial charge in [0.15, 0.2) is 5.65 Å². The van der Waals surface area contributed by atoms with Gasteiger partial charge in [-0.3, -0.25) is 0 Å². The van der Waals surface area contributed by atoms with Gasteiger partial charge in [-0.1, -0.05) is 0 Å². The standard InChI is InChI=1S/C8H7F2N3O/c9-8(10,5-14)6-3-11-7-1-2-12-13(7)4-6/h1-4,14H,5H2. The molecule has 0 atom stereocenters. The van der Waals surface area contributed by atoms with E-state index in [2.05, 4.69) is 10.1 Å². The van der Waals surface area contributed by atoms with Crippen LogP contribution in [0, 0.1) is 0 Å². The quantitative estimate of drug-likeness (QED) is 0.778. The first kappa shape index (κ1) is 9.01. The van der Waals surface area contributed by atoms with Crippen LogP contribution >= 0.6 is 0 Å². The van der Waals surface area contributed by atoms with Crippen LogP contribution in [0.3, 0.4) is 0 Å². The number of aliphatic hydroxyl groups excluding tert-OH is 1.